The van der Waals surface area contributed by atoms with Gasteiger partial charge in [-0.3, -0.25) is 0 Å². The first-order valence-corrected chi connectivity index (χ1v) is 11.6. The molecule has 3 heterocycles. The molecule has 1 saturated carbocycles. The van der Waals surface area contributed by atoms with Crippen LogP contribution in [0.2, 0.25) is 0 Å². The van der Waals surface area contributed by atoms with Gasteiger partial charge in [-0.05, 0) is 73.3 Å². The Kier molecular flexibility index (Phi) is 5.42. The Bertz CT molecular complexity index is 1130. The lowest BCUT2D eigenvalue weighted by Gasteiger charge is -2.27. The van der Waals surface area contributed by atoms with Crippen LogP contribution in [0.5, 0.6) is 0 Å². The quantitative estimate of drug-likeness (QED) is 0.579. The summed E-state index contributed by atoms with van der Waals surface area (Å²) in [5.74, 6) is 1.10. The first kappa shape index (κ1) is 21.3. The van der Waals surface area contributed by atoms with Crippen molar-refractivity contribution >= 4 is 16.9 Å². The van der Waals surface area contributed by atoms with Crippen molar-refractivity contribution in [3.05, 3.63) is 34.9 Å². The summed E-state index contributed by atoms with van der Waals surface area (Å²) in [7, 11) is 0. The van der Waals surface area contributed by atoms with E-state index < -0.39 is 0 Å². The number of fused-ring (bicyclic) bond motifs is 1. The molecule has 1 aliphatic carbocycles. The van der Waals surface area contributed by atoms with Crippen LogP contribution < -0.4 is 5.32 Å². The number of hydrogen-bond acceptors (Lipinski definition) is 7. The fourth-order valence-corrected chi connectivity index (χ4v) is 4.25. The van der Waals surface area contributed by atoms with E-state index in [1.807, 2.05) is 13.0 Å². The Hall–Kier alpha value is -2.51. The van der Waals surface area contributed by atoms with E-state index in [4.69, 9.17) is 18.9 Å². The molecule has 1 aromatic carbocycles. The molecule has 0 radical (unpaired) electrons. The second-order valence-corrected chi connectivity index (χ2v) is 10.1. The number of rotatable bonds is 5. The minimum Gasteiger partial charge on any atom is -0.402 e. The summed E-state index contributed by atoms with van der Waals surface area (Å²) in [6.07, 6.45) is 3.36. The molecular formula is C25H32N4O3. The van der Waals surface area contributed by atoms with Gasteiger partial charge in [-0.1, -0.05) is 31.9 Å². The third kappa shape index (κ3) is 4.36. The summed E-state index contributed by atoms with van der Waals surface area (Å²) in [5, 5.41) is 12.7. The maximum absolute atomic E-state index is 5.88. The summed E-state index contributed by atoms with van der Waals surface area (Å²) in [5.41, 5.74) is 5.57. The molecule has 1 N–H and O–H groups in total. The number of ether oxygens (including phenoxy) is 2. The zero-order chi connectivity index (χ0) is 22.5. The molecule has 3 aromatic rings. The average Bonchev–Trinajstić information content (AvgIpc) is 3.48. The SMILES string of the molecule is Cc1cc(-c2nnc(NCC3OCCC(C)O3)o2)nc2c(C(C)(C)C)cc(C3CC3)cc12. The van der Waals surface area contributed by atoms with Crippen molar-refractivity contribution in [1.29, 1.82) is 0 Å². The molecule has 32 heavy (non-hydrogen) atoms. The number of pyridine rings is 1. The monoisotopic (exact) mass is 436 g/mol. The van der Waals surface area contributed by atoms with Crippen molar-refractivity contribution in [3.63, 3.8) is 0 Å². The van der Waals surface area contributed by atoms with Crippen LogP contribution in [0.25, 0.3) is 22.5 Å². The van der Waals surface area contributed by atoms with E-state index in [9.17, 15) is 0 Å². The largest absolute Gasteiger partial charge is 0.402 e. The van der Waals surface area contributed by atoms with Crippen molar-refractivity contribution in [2.45, 2.75) is 77.6 Å². The third-order valence-electron chi connectivity index (χ3n) is 6.28. The number of benzene rings is 1. The molecule has 0 amide bonds. The van der Waals surface area contributed by atoms with E-state index in [0.717, 1.165) is 11.9 Å². The highest BCUT2D eigenvalue weighted by molar-refractivity contribution is 5.88. The Morgan fingerprint density at radius 1 is 1.09 bits per heavy atom. The Morgan fingerprint density at radius 2 is 1.91 bits per heavy atom. The van der Waals surface area contributed by atoms with Crippen molar-refractivity contribution in [2.75, 3.05) is 18.5 Å². The molecule has 2 aliphatic rings. The molecular weight excluding hydrogens is 404 g/mol. The maximum atomic E-state index is 5.88. The van der Waals surface area contributed by atoms with Crippen LogP contribution >= 0.6 is 0 Å². The Labute approximate surface area is 188 Å². The molecule has 170 valence electrons. The second kappa shape index (κ2) is 8.12. The van der Waals surface area contributed by atoms with Gasteiger partial charge in [0.25, 0.3) is 5.89 Å². The highest BCUT2D eigenvalue weighted by Gasteiger charge is 2.28. The van der Waals surface area contributed by atoms with Gasteiger partial charge >= 0.3 is 6.01 Å². The van der Waals surface area contributed by atoms with E-state index in [-0.39, 0.29) is 17.8 Å². The van der Waals surface area contributed by atoms with Crippen molar-refractivity contribution in [3.8, 4) is 11.6 Å². The van der Waals surface area contributed by atoms with Gasteiger partial charge in [0.05, 0.1) is 24.8 Å². The summed E-state index contributed by atoms with van der Waals surface area (Å²) in [6, 6.07) is 7.05. The van der Waals surface area contributed by atoms with Gasteiger partial charge in [0.1, 0.15) is 5.69 Å². The number of anilines is 1. The molecule has 1 saturated heterocycles. The zero-order valence-electron chi connectivity index (χ0n) is 19.6. The predicted molar refractivity (Wildman–Crippen MR) is 124 cm³/mol. The van der Waals surface area contributed by atoms with Gasteiger partial charge in [0.2, 0.25) is 0 Å². The van der Waals surface area contributed by atoms with E-state index in [0.29, 0.717) is 36.7 Å². The molecule has 2 atom stereocenters. The number of nitrogens with zero attached hydrogens (tertiary/aromatic N) is 3. The lowest BCUT2D eigenvalue weighted by molar-refractivity contribution is -0.199. The van der Waals surface area contributed by atoms with Crippen LogP contribution in [0, 0.1) is 6.92 Å². The van der Waals surface area contributed by atoms with Gasteiger partial charge in [0.15, 0.2) is 6.29 Å². The minimum atomic E-state index is -0.315. The summed E-state index contributed by atoms with van der Waals surface area (Å²) in [4.78, 5) is 4.99. The molecule has 2 aromatic heterocycles. The molecule has 1 aliphatic heterocycles. The average molecular weight is 437 g/mol. The number of hydrogen-bond donors (Lipinski definition) is 1. The van der Waals surface area contributed by atoms with Crippen LogP contribution in [0.15, 0.2) is 22.6 Å². The van der Waals surface area contributed by atoms with Crippen molar-refractivity contribution < 1.29 is 13.9 Å². The fourth-order valence-electron chi connectivity index (χ4n) is 4.25. The first-order valence-electron chi connectivity index (χ1n) is 11.6. The van der Waals surface area contributed by atoms with Crippen LogP contribution in [0.1, 0.15) is 69.6 Å². The second-order valence-electron chi connectivity index (χ2n) is 10.1. The highest BCUT2D eigenvalue weighted by atomic mass is 16.7. The first-order chi connectivity index (χ1) is 15.3. The normalized spacial score (nSPS) is 21.8. The van der Waals surface area contributed by atoms with E-state index in [2.05, 4.69) is 55.3 Å². The standard InChI is InChI=1S/C25H32N4O3/c1-14-10-20(23-28-29-24(32-23)26-13-21-30-9-8-15(2)31-21)27-22-18(14)11-17(16-6-7-16)12-19(22)25(3,4)5/h10-12,15-16,21H,6-9,13H2,1-5H3,(H,26,29). The zero-order valence-corrected chi connectivity index (χ0v) is 19.6. The van der Waals surface area contributed by atoms with Gasteiger partial charge in [-0.25, -0.2) is 4.98 Å². The van der Waals surface area contributed by atoms with Crippen LogP contribution in [0.3, 0.4) is 0 Å². The predicted octanol–water partition coefficient (Wildman–Crippen LogP) is 5.33. The Balaban J connectivity index is 1.44. The number of nitrogens with one attached hydrogen (secondary N) is 1. The van der Waals surface area contributed by atoms with Gasteiger partial charge < -0.3 is 19.2 Å². The molecule has 7 nitrogen and oxygen atoms in total. The smallest absolute Gasteiger partial charge is 0.315 e. The molecule has 7 heteroatoms. The van der Waals surface area contributed by atoms with Gasteiger partial charge in [0, 0.05) is 5.39 Å². The molecule has 0 bridgehead atoms. The van der Waals surface area contributed by atoms with E-state index >= 15 is 0 Å². The highest BCUT2D eigenvalue weighted by Crippen LogP contribution is 2.44. The lowest BCUT2D eigenvalue weighted by atomic mass is 9.83. The van der Waals surface area contributed by atoms with Gasteiger partial charge in [-0.2, -0.15) is 0 Å². The Morgan fingerprint density at radius 3 is 2.62 bits per heavy atom. The number of aryl methyl sites for hydroxylation is 1. The molecule has 2 unspecified atom stereocenters. The van der Waals surface area contributed by atoms with Gasteiger partial charge in [-0.15, -0.1) is 5.10 Å². The summed E-state index contributed by atoms with van der Waals surface area (Å²) >= 11 is 0. The molecule has 2 fully saturated rings. The maximum Gasteiger partial charge on any atom is 0.315 e. The van der Waals surface area contributed by atoms with E-state index in [1.165, 1.54) is 34.9 Å². The summed E-state index contributed by atoms with van der Waals surface area (Å²) in [6.45, 7) is 12.1. The van der Waals surface area contributed by atoms with E-state index in [1.54, 1.807) is 0 Å². The lowest BCUT2D eigenvalue weighted by Crippen LogP contribution is -2.35. The fraction of sp³-hybridized carbons (Fsp3) is 0.560. The topological polar surface area (TPSA) is 82.3 Å². The van der Waals surface area contributed by atoms with Crippen LogP contribution in [0.4, 0.5) is 6.01 Å². The van der Waals surface area contributed by atoms with Crippen molar-refractivity contribution in [2.24, 2.45) is 0 Å². The third-order valence-corrected chi connectivity index (χ3v) is 6.28. The van der Waals surface area contributed by atoms with Crippen LogP contribution in [-0.4, -0.2) is 40.7 Å². The number of aromatic nitrogens is 3. The molecule has 0 spiro atoms. The minimum absolute atomic E-state index is 0.0140. The van der Waals surface area contributed by atoms with Crippen molar-refractivity contribution in [1.82, 2.24) is 15.2 Å². The van der Waals surface area contributed by atoms with Crippen LogP contribution in [-0.2, 0) is 14.9 Å². The summed E-state index contributed by atoms with van der Waals surface area (Å²) < 4.78 is 17.2. The molecule has 5 rings (SSSR count).